The van der Waals surface area contributed by atoms with Crippen LogP contribution in [0.25, 0.3) is 0 Å². The molecule has 23 heavy (non-hydrogen) atoms. The SMILES string of the molecule is CC(C)C(NC(=O)c1ccco1)C(=O)NCC1CNCC1O.Cl. The predicted octanol–water partition coefficient (Wildman–Crippen LogP) is 0.152. The molecule has 4 N–H and O–H groups in total. The summed E-state index contributed by atoms with van der Waals surface area (Å²) in [5.74, 6) is -0.563. The largest absolute Gasteiger partial charge is 0.459 e. The molecule has 1 aromatic rings. The van der Waals surface area contributed by atoms with Gasteiger partial charge in [-0.05, 0) is 18.1 Å². The Labute approximate surface area is 141 Å². The Balaban J connectivity index is 0.00000264. The van der Waals surface area contributed by atoms with Crippen LogP contribution >= 0.6 is 12.4 Å². The minimum absolute atomic E-state index is 0. The highest BCUT2D eigenvalue weighted by molar-refractivity contribution is 5.95. The smallest absolute Gasteiger partial charge is 0.287 e. The molecule has 1 saturated heterocycles. The first-order valence-corrected chi connectivity index (χ1v) is 7.50. The predicted molar refractivity (Wildman–Crippen MR) is 87.4 cm³/mol. The van der Waals surface area contributed by atoms with Gasteiger partial charge in [0.15, 0.2) is 5.76 Å². The van der Waals surface area contributed by atoms with Gasteiger partial charge >= 0.3 is 0 Å². The van der Waals surface area contributed by atoms with Gasteiger partial charge in [-0.15, -0.1) is 12.4 Å². The Morgan fingerprint density at radius 3 is 2.70 bits per heavy atom. The maximum Gasteiger partial charge on any atom is 0.287 e. The molecule has 0 saturated carbocycles. The molecule has 0 aromatic carbocycles. The van der Waals surface area contributed by atoms with Crippen molar-refractivity contribution < 1.29 is 19.1 Å². The minimum atomic E-state index is -0.649. The van der Waals surface area contributed by atoms with Gasteiger partial charge in [-0.1, -0.05) is 13.8 Å². The second-order valence-electron chi connectivity index (χ2n) is 5.90. The number of carbonyl (C=O) groups excluding carboxylic acids is 2. The van der Waals surface area contributed by atoms with E-state index >= 15 is 0 Å². The highest BCUT2D eigenvalue weighted by Crippen LogP contribution is 2.09. The first kappa shape index (κ1) is 19.5. The number of β-amino-alcohol motifs (C(OH)–C–C–N with tert-alkyl or cyclic N) is 1. The quantitative estimate of drug-likeness (QED) is 0.587. The number of amides is 2. The van der Waals surface area contributed by atoms with Gasteiger partial charge in [0.1, 0.15) is 6.04 Å². The highest BCUT2D eigenvalue weighted by atomic mass is 35.5. The molecule has 130 valence electrons. The van der Waals surface area contributed by atoms with E-state index in [9.17, 15) is 14.7 Å². The summed E-state index contributed by atoms with van der Waals surface area (Å²) < 4.78 is 5.03. The number of nitrogens with one attached hydrogen (secondary N) is 3. The number of aliphatic hydroxyl groups excluding tert-OH is 1. The van der Waals surface area contributed by atoms with E-state index in [4.69, 9.17) is 4.42 Å². The van der Waals surface area contributed by atoms with Crippen molar-refractivity contribution in [2.24, 2.45) is 11.8 Å². The summed E-state index contributed by atoms with van der Waals surface area (Å²) >= 11 is 0. The van der Waals surface area contributed by atoms with Crippen molar-refractivity contribution in [3.05, 3.63) is 24.2 Å². The fourth-order valence-electron chi connectivity index (χ4n) is 2.42. The minimum Gasteiger partial charge on any atom is -0.459 e. The van der Waals surface area contributed by atoms with Gasteiger partial charge in [-0.2, -0.15) is 0 Å². The van der Waals surface area contributed by atoms with E-state index in [1.807, 2.05) is 13.8 Å². The molecule has 8 heteroatoms. The lowest BCUT2D eigenvalue weighted by Crippen LogP contribution is -2.51. The van der Waals surface area contributed by atoms with Crippen LogP contribution in [0.4, 0.5) is 0 Å². The zero-order chi connectivity index (χ0) is 16.1. The third-order valence-corrected chi connectivity index (χ3v) is 3.82. The molecule has 3 unspecified atom stereocenters. The van der Waals surface area contributed by atoms with Gasteiger partial charge in [-0.3, -0.25) is 9.59 Å². The van der Waals surface area contributed by atoms with Gasteiger partial charge in [0.05, 0.1) is 12.4 Å². The molecule has 1 aromatic heterocycles. The summed E-state index contributed by atoms with van der Waals surface area (Å²) in [6.45, 7) is 5.32. The summed E-state index contributed by atoms with van der Waals surface area (Å²) in [6.07, 6.45) is 0.962. The van der Waals surface area contributed by atoms with Crippen LogP contribution in [-0.2, 0) is 4.79 Å². The number of halogens is 1. The van der Waals surface area contributed by atoms with E-state index in [2.05, 4.69) is 16.0 Å². The molecule has 0 aliphatic carbocycles. The first-order chi connectivity index (χ1) is 10.5. The molecule has 2 rings (SSSR count). The normalized spacial score (nSPS) is 21.6. The van der Waals surface area contributed by atoms with Gasteiger partial charge < -0.3 is 25.5 Å². The summed E-state index contributed by atoms with van der Waals surface area (Å²) in [4.78, 5) is 24.3. The fraction of sp³-hybridized carbons (Fsp3) is 0.600. The molecule has 2 amide bonds. The molecule has 1 aliphatic rings. The van der Waals surface area contributed by atoms with Crippen LogP contribution in [-0.4, -0.2) is 48.7 Å². The van der Waals surface area contributed by atoms with Crippen LogP contribution in [0.3, 0.4) is 0 Å². The Morgan fingerprint density at radius 2 is 2.17 bits per heavy atom. The molecular formula is C15H24ClN3O4. The number of aliphatic hydroxyl groups is 1. The monoisotopic (exact) mass is 345 g/mol. The van der Waals surface area contributed by atoms with Crippen molar-refractivity contribution >= 4 is 24.2 Å². The fourth-order valence-corrected chi connectivity index (χ4v) is 2.42. The van der Waals surface area contributed by atoms with E-state index in [1.165, 1.54) is 6.26 Å². The van der Waals surface area contributed by atoms with Crippen molar-refractivity contribution in [2.45, 2.75) is 26.0 Å². The molecule has 1 fully saturated rings. The third-order valence-electron chi connectivity index (χ3n) is 3.82. The number of carbonyl (C=O) groups is 2. The lowest BCUT2D eigenvalue weighted by Gasteiger charge is -2.22. The lowest BCUT2D eigenvalue weighted by atomic mass is 10.0. The van der Waals surface area contributed by atoms with Crippen LogP contribution in [0.15, 0.2) is 22.8 Å². The molecule has 0 radical (unpaired) electrons. The van der Waals surface area contributed by atoms with Crippen LogP contribution in [0.5, 0.6) is 0 Å². The molecule has 0 spiro atoms. The second kappa shape index (κ2) is 8.90. The Hall–Kier alpha value is -1.57. The number of furan rings is 1. The summed E-state index contributed by atoms with van der Waals surface area (Å²) in [5.41, 5.74) is 0. The average molecular weight is 346 g/mol. The van der Waals surface area contributed by atoms with Crippen LogP contribution in [0, 0.1) is 11.8 Å². The summed E-state index contributed by atoms with van der Waals surface area (Å²) in [7, 11) is 0. The van der Waals surface area contributed by atoms with Gasteiger partial charge in [0.25, 0.3) is 5.91 Å². The van der Waals surface area contributed by atoms with E-state index in [0.717, 1.165) is 0 Å². The molecule has 1 aliphatic heterocycles. The van der Waals surface area contributed by atoms with Crippen molar-refractivity contribution in [3.8, 4) is 0 Å². The van der Waals surface area contributed by atoms with Gasteiger partial charge in [0, 0.05) is 25.6 Å². The maximum atomic E-state index is 12.3. The molecule has 3 atom stereocenters. The first-order valence-electron chi connectivity index (χ1n) is 7.50. The number of hydrogen-bond acceptors (Lipinski definition) is 5. The zero-order valence-electron chi connectivity index (χ0n) is 13.2. The summed E-state index contributed by atoms with van der Waals surface area (Å²) in [6, 6.07) is 2.52. The number of hydrogen-bond donors (Lipinski definition) is 4. The zero-order valence-corrected chi connectivity index (χ0v) is 14.1. The Bertz CT molecular complexity index is 507. The average Bonchev–Trinajstić information content (AvgIpc) is 3.13. The molecule has 0 bridgehead atoms. The highest BCUT2D eigenvalue weighted by Gasteiger charge is 2.29. The van der Waals surface area contributed by atoms with E-state index in [1.54, 1.807) is 12.1 Å². The van der Waals surface area contributed by atoms with E-state index in [0.29, 0.717) is 19.6 Å². The Morgan fingerprint density at radius 1 is 1.43 bits per heavy atom. The third kappa shape index (κ3) is 5.23. The molecule has 2 heterocycles. The van der Waals surface area contributed by atoms with Crippen LogP contribution in [0.2, 0.25) is 0 Å². The van der Waals surface area contributed by atoms with Crippen molar-refractivity contribution in [1.29, 1.82) is 0 Å². The van der Waals surface area contributed by atoms with E-state index in [-0.39, 0.29) is 35.9 Å². The number of rotatable bonds is 6. The van der Waals surface area contributed by atoms with Crippen LogP contribution in [0.1, 0.15) is 24.4 Å². The molecular weight excluding hydrogens is 322 g/mol. The molecule has 7 nitrogen and oxygen atoms in total. The summed E-state index contributed by atoms with van der Waals surface area (Å²) in [5, 5.41) is 18.3. The Kier molecular flexibility index (Phi) is 7.54. The van der Waals surface area contributed by atoms with Gasteiger partial charge in [-0.25, -0.2) is 0 Å². The second-order valence-corrected chi connectivity index (χ2v) is 5.90. The van der Waals surface area contributed by atoms with E-state index < -0.39 is 18.1 Å². The van der Waals surface area contributed by atoms with Gasteiger partial charge in [0.2, 0.25) is 5.91 Å². The topological polar surface area (TPSA) is 104 Å². The lowest BCUT2D eigenvalue weighted by molar-refractivity contribution is -0.124. The maximum absolute atomic E-state index is 12.3. The van der Waals surface area contributed by atoms with Crippen molar-refractivity contribution in [3.63, 3.8) is 0 Å². The standard InChI is InChI=1S/C15H23N3O4.ClH/c1-9(2)13(18-14(20)12-4-3-5-22-12)15(21)17-7-10-6-16-8-11(10)19;/h3-5,9-11,13,16,19H,6-8H2,1-2H3,(H,17,21)(H,18,20);1H. The van der Waals surface area contributed by atoms with Crippen LogP contribution < -0.4 is 16.0 Å². The van der Waals surface area contributed by atoms with Crippen molar-refractivity contribution in [1.82, 2.24) is 16.0 Å². The van der Waals surface area contributed by atoms with Crippen molar-refractivity contribution in [2.75, 3.05) is 19.6 Å².